The Balaban J connectivity index is 1.82. The monoisotopic (exact) mass is 283 g/mol. The van der Waals surface area contributed by atoms with Crippen LogP contribution < -0.4 is 0 Å². The van der Waals surface area contributed by atoms with Crippen LogP contribution in [0.4, 0.5) is 0 Å². The van der Waals surface area contributed by atoms with Gasteiger partial charge >= 0.3 is 5.97 Å². The van der Waals surface area contributed by atoms with Gasteiger partial charge in [-0.05, 0) is 25.3 Å². The van der Waals surface area contributed by atoms with E-state index in [9.17, 15) is 9.59 Å². The molecule has 1 aliphatic heterocycles. The van der Waals surface area contributed by atoms with Gasteiger partial charge in [-0.2, -0.15) is 0 Å². The Kier molecular flexibility index (Phi) is 4.55. The molecule has 0 radical (unpaired) electrons. The molecule has 0 bridgehead atoms. The summed E-state index contributed by atoms with van der Waals surface area (Å²) in [6.45, 7) is 4.72. The summed E-state index contributed by atoms with van der Waals surface area (Å²) in [7, 11) is 0. The summed E-state index contributed by atoms with van der Waals surface area (Å²) in [5.74, 6) is -0.621. The molecule has 1 saturated heterocycles. The zero-order valence-electron chi connectivity index (χ0n) is 11.0. The van der Waals surface area contributed by atoms with Crippen molar-refractivity contribution in [2.24, 2.45) is 0 Å². The van der Waals surface area contributed by atoms with E-state index in [2.05, 4.69) is 0 Å². The molecule has 2 heterocycles. The number of amides is 1. The largest absolute Gasteiger partial charge is 0.451 e. The first kappa shape index (κ1) is 14.0. The number of morpholine rings is 1. The van der Waals surface area contributed by atoms with Crippen LogP contribution in [-0.4, -0.2) is 48.7 Å². The van der Waals surface area contributed by atoms with Crippen LogP contribution in [0.5, 0.6) is 0 Å². The van der Waals surface area contributed by atoms with Crippen molar-refractivity contribution in [3.63, 3.8) is 0 Å². The molecule has 0 aliphatic carbocycles. The standard InChI is InChI=1S/C13H17NO4S/c1-9-6-14(7-10(2)18-9)12(15)8-17-13(16)11-4-3-5-19-11/h3-5,9-10H,6-8H2,1-2H3/t9-,10-/m0/s1. The predicted octanol–water partition coefficient (Wildman–Crippen LogP) is 1.54. The highest BCUT2D eigenvalue weighted by Gasteiger charge is 2.26. The summed E-state index contributed by atoms with van der Waals surface area (Å²) >= 11 is 1.30. The highest BCUT2D eigenvalue weighted by molar-refractivity contribution is 7.11. The SMILES string of the molecule is C[C@H]1CN(C(=O)COC(=O)c2cccs2)C[C@H](C)O1. The zero-order chi connectivity index (χ0) is 13.8. The van der Waals surface area contributed by atoms with Gasteiger partial charge in [0, 0.05) is 13.1 Å². The maximum atomic E-state index is 12.0. The number of thiophene rings is 1. The summed E-state index contributed by atoms with van der Waals surface area (Å²) < 4.78 is 10.6. The lowest BCUT2D eigenvalue weighted by atomic mass is 10.2. The van der Waals surface area contributed by atoms with Crippen LogP contribution in [0.2, 0.25) is 0 Å². The molecule has 1 aromatic rings. The van der Waals surface area contributed by atoms with Gasteiger partial charge in [0.15, 0.2) is 6.61 Å². The molecule has 0 saturated carbocycles. The van der Waals surface area contributed by atoms with E-state index in [1.54, 1.807) is 22.4 Å². The van der Waals surface area contributed by atoms with E-state index in [1.807, 2.05) is 13.8 Å². The smallest absolute Gasteiger partial charge is 0.348 e. The number of esters is 1. The van der Waals surface area contributed by atoms with E-state index in [0.29, 0.717) is 18.0 Å². The van der Waals surface area contributed by atoms with Crippen molar-refractivity contribution in [1.29, 1.82) is 0 Å². The molecule has 5 nitrogen and oxygen atoms in total. The molecular formula is C13H17NO4S. The molecule has 0 unspecified atom stereocenters. The van der Waals surface area contributed by atoms with Crippen molar-refractivity contribution in [3.8, 4) is 0 Å². The number of nitrogens with zero attached hydrogens (tertiary/aromatic N) is 1. The molecule has 1 aliphatic rings. The van der Waals surface area contributed by atoms with Gasteiger partial charge in [-0.25, -0.2) is 4.79 Å². The van der Waals surface area contributed by atoms with Gasteiger partial charge in [-0.15, -0.1) is 11.3 Å². The fourth-order valence-electron chi connectivity index (χ4n) is 2.07. The van der Waals surface area contributed by atoms with Crippen LogP contribution in [0.25, 0.3) is 0 Å². The summed E-state index contributed by atoms with van der Waals surface area (Å²) in [4.78, 5) is 25.8. The summed E-state index contributed by atoms with van der Waals surface area (Å²) in [5.41, 5.74) is 0. The van der Waals surface area contributed by atoms with Crippen molar-refractivity contribution in [2.75, 3.05) is 19.7 Å². The zero-order valence-corrected chi connectivity index (χ0v) is 11.8. The number of hydrogen-bond acceptors (Lipinski definition) is 5. The lowest BCUT2D eigenvalue weighted by molar-refractivity contribution is -0.146. The van der Waals surface area contributed by atoms with E-state index in [1.165, 1.54) is 11.3 Å². The molecule has 1 amide bonds. The van der Waals surface area contributed by atoms with Crippen molar-refractivity contribution in [2.45, 2.75) is 26.1 Å². The van der Waals surface area contributed by atoms with Crippen molar-refractivity contribution < 1.29 is 19.1 Å². The van der Waals surface area contributed by atoms with Gasteiger partial charge in [0.2, 0.25) is 0 Å². The Bertz CT molecular complexity index is 436. The number of ether oxygens (including phenoxy) is 2. The average Bonchev–Trinajstić information content (AvgIpc) is 2.88. The molecule has 0 spiro atoms. The Morgan fingerprint density at radius 2 is 2.11 bits per heavy atom. The second kappa shape index (κ2) is 6.16. The van der Waals surface area contributed by atoms with Gasteiger partial charge in [0.1, 0.15) is 4.88 Å². The van der Waals surface area contributed by atoms with Crippen molar-refractivity contribution >= 4 is 23.2 Å². The van der Waals surface area contributed by atoms with Crippen LogP contribution in [0, 0.1) is 0 Å². The van der Waals surface area contributed by atoms with Crippen LogP contribution in [-0.2, 0) is 14.3 Å². The molecule has 104 valence electrons. The van der Waals surface area contributed by atoms with Gasteiger partial charge < -0.3 is 14.4 Å². The highest BCUT2D eigenvalue weighted by atomic mass is 32.1. The van der Waals surface area contributed by atoms with Crippen molar-refractivity contribution in [3.05, 3.63) is 22.4 Å². The summed E-state index contributed by atoms with van der Waals surface area (Å²) in [5, 5.41) is 1.80. The third kappa shape index (κ3) is 3.78. The lowest BCUT2D eigenvalue weighted by Crippen LogP contribution is -2.49. The third-order valence-corrected chi connectivity index (χ3v) is 3.67. The Morgan fingerprint density at radius 1 is 1.42 bits per heavy atom. The minimum absolute atomic E-state index is 0.0145. The van der Waals surface area contributed by atoms with Gasteiger partial charge in [0.05, 0.1) is 12.2 Å². The number of rotatable bonds is 3. The van der Waals surface area contributed by atoms with Crippen LogP contribution in [0.1, 0.15) is 23.5 Å². The summed E-state index contributed by atoms with van der Waals surface area (Å²) in [6.07, 6.45) is 0.0291. The molecule has 0 aromatic carbocycles. The van der Waals surface area contributed by atoms with Crippen LogP contribution in [0.3, 0.4) is 0 Å². The first-order valence-corrected chi connectivity index (χ1v) is 7.08. The van der Waals surface area contributed by atoms with Crippen molar-refractivity contribution in [1.82, 2.24) is 4.90 Å². The minimum Gasteiger partial charge on any atom is -0.451 e. The van der Waals surface area contributed by atoms with Gasteiger partial charge in [-0.1, -0.05) is 6.07 Å². The fraction of sp³-hybridized carbons (Fsp3) is 0.538. The van der Waals surface area contributed by atoms with E-state index in [-0.39, 0.29) is 24.7 Å². The lowest BCUT2D eigenvalue weighted by Gasteiger charge is -2.35. The Morgan fingerprint density at radius 3 is 2.68 bits per heavy atom. The Labute approximate surface area is 116 Å². The van der Waals surface area contributed by atoms with Gasteiger partial charge in [0.25, 0.3) is 5.91 Å². The average molecular weight is 283 g/mol. The molecule has 1 fully saturated rings. The van der Waals surface area contributed by atoms with E-state index < -0.39 is 5.97 Å². The molecule has 1 aromatic heterocycles. The molecule has 19 heavy (non-hydrogen) atoms. The third-order valence-electron chi connectivity index (χ3n) is 2.82. The topological polar surface area (TPSA) is 55.8 Å². The number of hydrogen-bond donors (Lipinski definition) is 0. The van der Waals surface area contributed by atoms with Gasteiger partial charge in [-0.3, -0.25) is 4.79 Å². The molecule has 2 rings (SSSR count). The molecule has 6 heteroatoms. The fourth-order valence-corrected chi connectivity index (χ4v) is 2.68. The minimum atomic E-state index is -0.447. The van der Waals surface area contributed by atoms with E-state index in [4.69, 9.17) is 9.47 Å². The number of carbonyl (C=O) groups excluding carboxylic acids is 2. The first-order chi connectivity index (χ1) is 9.06. The molecule has 2 atom stereocenters. The van der Waals surface area contributed by atoms with E-state index in [0.717, 1.165) is 0 Å². The predicted molar refractivity (Wildman–Crippen MR) is 71.2 cm³/mol. The molecule has 0 N–H and O–H groups in total. The maximum Gasteiger partial charge on any atom is 0.348 e. The van der Waals surface area contributed by atoms with Crippen LogP contribution in [0.15, 0.2) is 17.5 Å². The quantitative estimate of drug-likeness (QED) is 0.790. The first-order valence-electron chi connectivity index (χ1n) is 6.20. The second-order valence-electron chi connectivity index (χ2n) is 4.61. The number of carbonyl (C=O) groups is 2. The van der Waals surface area contributed by atoms with E-state index >= 15 is 0 Å². The summed E-state index contributed by atoms with van der Waals surface area (Å²) in [6, 6.07) is 3.45. The molecular weight excluding hydrogens is 266 g/mol. The normalized spacial score (nSPS) is 23.2. The maximum absolute atomic E-state index is 12.0. The highest BCUT2D eigenvalue weighted by Crippen LogP contribution is 2.12. The van der Waals surface area contributed by atoms with Crippen LogP contribution >= 0.6 is 11.3 Å². The Hall–Kier alpha value is -1.40. The second-order valence-corrected chi connectivity index (χ2v) is 5.56.